The molecule has 0 saturated carbocycles. The standard InChI is InChI=1S/C20H24F3N7O2/c1-28-11-12(20(21,22)23)7-16(18(28)31)27-19(32)29(2)13-3-5-30(6-4-13)14-8-15(25)17(9-24)26-10-14/h7-11,13,24H,3-6,25H2,1-2H3,(H,27,32). The third-order valence-electron chi connectivity index (χ3n) is 5.52. The number of rotatable bonds is 4. The molecular weight excluding hydrogens is 427 g/mol. The zero-order valence-electron chi connectivity index (χ0n) is 17.6. The highest BCUT2D eigenvalue weighted by atomic mass is 19.4. The normalized spacial score (nSPS) is 14.8. The van der Waals surface area contributed by atoms with Gasteiger partial charge < -0.3 is 30.8 Å². The third-order valence-corrected chi connectivity index (χ3v) is 5.52. The van der Waals surface area contributed by atoms with E-state index in [9.17, 15) is 22.8 Å². The number of aryl methyl sites for hydroxylation is 1. The summed E-state index contributed by atoms with van der Waals surface area (Å²) in [5, 5.41) is 9.58. The van der Waals surface area contributed by atoms with Gasteiger partial charge in [-0.2, -0.15) is 13.2 Å². The molecule has 2 aromatic rings. The van der Waals surface area contributed by atoms with Crippen LogP contribution in [-0.4, -0.2) is 52.9 Å². The summed E-state index contributed by atoms with van der Waals surface area (Å²) in [4.78, 5) is 32.4. The van der Waals surface area contributed by atoms with Crippen molar-refractivity contribution in [3.05, 3.63) is 46.1 Å². The van der Waals surface area contributed by atoms with Crippen molar-refractivity contribution < 1.29 is 18.0 Å². The first-order valence-corrected chi connectivity index (χ1v) is 9.84. The van der Waals surface area contributed by atoms with Crippen molar-refractivity contribution in [1.29, 1.82) is 5.41 Å². The molecule has 0 radical (unpaired) electrons. The Hall–Kier alpha value is -3.57. The van der Waals surface area contributed by atoms with Gasteiger partial charge in [-0.1, -0.05) is 0 Å². The van der Waals surface area contributed by atoms with Crippen molar-refractivity contribution >= 4 is 29.3 Å². The number of carbonyl (C=O) groups is 1. The van der Waals surface area contributed by atoms with Gasteiger partial charge in [0.15, 0.2) is 0 Å². The fraction of sp³-hybridized carbons (Fsp3) is 0.400. The van der Waals surface area contributed by atoms with Crippen LogP contribution in [0, 0.1) is 5.41 Å². The molecular formula is C20H24F3N7O2. The SMILES string of the molecule is CN(C(=O)Nc1cc(C(F)(F)F)cn(C)c1=O)C1CCN(c2cnc(C=N)c(N)c2)CC1. The van der Waals surface area contributed by atoms with Gasteiger partial charge in [-0.25, -0.2) is 4.79 Å². The van der Waals surface area contributed by atoms with E-state index in [1.165, 1.54) is 11.9 Å². The first-order chi connectivity index (χ1) is 15.0. The summed E-state index contributed by atoms with van der Waals surface area (Å²) in [6, 6.07) is 1.58. The maximum Gasteiger partial charge on any atom is 0.417 e. The molecule has 1 aliphatic heterocycles. The number of amides is 2. The second-order valence-electron chi connectivity index (χ2n) is 7.63. The van der Waals surface area contributed by atoms with Crippen molar-refractivity contribution in [2.75, 3.05) is 36.1 Å². The molecule has 172 valence electrons. The summed E-state index contributed by atoms with van der Waals surface area (Å²) in [6.07, 6.45) is -0.0203. The predicted octanol–water partition coefficient (Wildman–Crippen LogP) is 2.51. The molecule has 1 saturated heterocycles. The van der Waals surface area contributed by atoms with Crippen LogP contribution in [0.25, 0.3) is 0 Å². The van der Waals surface area contributed by atoms with Gasteiger partial charge >= 0.3 is 12.2 Å². The zero-order chi connectivity index (χ0) is 23.6. The number of anilines is 3. The molecule has 0 spiro atoms. The van der Waals surface area contributed by atoms with E-state index in [4.69, 9.17) is 11.1 Å². The maximum absolute atomic E-state index is 13.0. The van der Waals surface area contributed by atoms with Crippen LogP contribution < -0.4 is 21.5 Å². The Morgan fingerprint density at radius 1 is 1.34 bits per heavy atom. The molecule has 0 unspecified atom stereocenters. The lowest BCUT2D eigenvalue weighted by molar-refractivity contribution is -0.138. The van der Waals surface area contributed by atoms with Crippen LogP contribution in [0.15, 0.2) is 29.3 Å². The summed E-state index contributed by atoms with van der Waals surface area (Å²) in [5.41, 5.74) is 5.31. The fourth-order valence-corrected chi connectivity index (χ4v) is 3.61. The lowest BCUT2D eigenvalue weighted by Crippen LogP contribution is -2.47. The molecule has 32 heavy (non-hydrogen) atoms. The van der Waals surface area contributed by atoms with Gasteiger partial charge in [-0.3, -0.25) is 9.78 Å². The number of nitrogens with one attached hydrogen (secondary N) is 2. The molecule has 1 fully saturated rings. The first-order valence-electron chi connectivity index (χ1n) is 9.84. The van der Waals surface area contributed by atoms with E-state index in [0.29, 0.717) is 49.6 Å². The Morgan fingerprint density at radius 3 is 2.56 bits per heavy atom. The fourth-order valence-electron chi connectivity index (χ4n) is 3.61. The lowest BCUT2D eigenvalue weighted by atomic mass is 10.0. The number of piperidine rings is 1. The van der Waals surface area contributed by atoms with E-state index in [2.05, 4.69) is 15.2 Å². The second kappa shape index (κ2) is 8.89. The number of nitrogens with zero attached hydrogens (tertiary/aromatic N) is 4. The minimum atomic E-state index is -4.64. The van der Waals surface area contributed by atoms with Crippen molar-refractivity contribution in [3.63, 3.8) is 0 Å². The molecule has 9 nitrogen and oxygen atoms in total. The Morgan fingerprint density at radius 2 is 2.00 bits per heavy atom. The third kappa shape index (κ3) is 4.84. The smallest absolute Gasteiger partial charge is 0.397 e. The Labute approximate surface area is 182 Å². The summed E-state index contributed by atoms with van der Waals surface area (Å²) in [7, 11) is 2.75. The van der Waals surface area contributed by atoms with Gasteiger partial charge in [0.2, 0.25) is 0 Å². The molecule has 3 rings (SSSR count). The number of carbonyl (C=O) groups excluding carboxylic acids is 1. The van der Waals surface area contributed by atoms with Crippen molar-refractivity contribution in [2.45, 2.75) is 25.1 Å². The second-order valence-corrected chi connectivity index (χ2v) is 7.63. The highest BCUT2D eigenvalue weighted by Crippen LogP contribution is 2.30. The minimum Gasteiger partial charge on any atom is -0.397 e. The van der Waals surface area contributed by atoms with E-state index in [1.54, 1.807) is 19.3 Å². The molecule has 0 bridgehead atoms. The van der Waals surface area contributed by atoms with Crippen molar-refractivity contribution in [1.82, 2.24) is 14.5 Å². The van der Waals surface area contributed by atoms with Crippen LogP contribution in [0.1, 0.15) is 24.1 Å². The van der Waals surface area contributed by atoms with Crippen LogP contribution in [-0.2, 0) is 13.2 Å². The molecule has 2 aromatic heterocycles. The van der Waals surface area contributed by atoms with Crippen molar-refractivity contribution in [3.8, 4) is 0 Å². The Bertz CT molecular complexity index is 1080. The Kier molecular flexibility index (Phi) is 6.42. The van der Waals surface area contributed by atoms with Gasteiger partial charge in [0.05, 0.1) is 23.1 Å². The number of halogens is 3. The Balaban J connectivity index is 1.66. The van der Waals surface area contributed by atoms with E-state index < -0.39 is 29.0 Å². The quantitative estimate of drug-likeness (QED) is 0.617. The maximum atomic E-state index is 13.0. The molecule has 12 heteroatoms. The minimum absolute atomic E-state index is 0.160. The van der Waals surface area contributed by atoms with E-state index in [0.717, 1.165) is 16.5 Å². The van der Waals surface area contributed by atoms with E-state index in [1.807, 2.05) is 0 Å². The average molecular weight is 451 g/mol. The molecule has 0 atom stereocenters. The largest absolute Gasteiger partial charge is 0.417 e. The molecule has 3 heterocycles. The van der Waals surface area contributed by atoms with Gasteiger partial charge in [0.25, 0.3) is 5.56 Å². The van der Waals surface area contributed by atoms with Gasteiger partial charge in [0, 0.05) is 45.6 Å². The van der Waals surface area contributed by atoms with Crippen LogP contribution in [0.5, 0.6) is 0 Å². The number of nitrogen functional groups attached to an aromatic ring is 1. The number of nitrogens with two attached hydrogens (primary N) is 1. The first kappa shape index (κ1) is 23.1. The molecule has 0 aliphatic carbocycles. The van der Waals surface area contributed by atoms with Gasteiger partial charge in [0.1, 0.15) is 11.4 Å². The zero-order valence-corrected chi connectivity index (χ0v) is 17.6. The molecule has 2 amide bonds. The molecule has 0 aromatic carbocycles. The number of pyridine rings is 2. The summed E-state index contributed by atoms with van der Waals surface area (Å²) < 4.78 is 39.9. The predicted molar refractivity (Wildman–Crippen MR) is 115 cm³/mol. The van der Waals surface area contributed by atoms with Crippen LogP contribution >= 0.6 is 0 Å². The van der Waals surface area contributed by atoms with Crippen LogP contribution in [0.2, 0.25) is 0 Å². The summed E-state index contributed by atoms with van der Waals surface area (Å²) in [6.45, 7) is 1.22. The molecule has 4 N–H and O–H groups in total. The van der Waals surface area contributed by atoms with E-state index in [-0.39, 0.29) is 6.04 Å². The number of alkyl halides is 3. The number of urea groups is 1. The van der Waals surface area contributed by atoms with E-state index >= 15 is 0 Å². The number of hydrogen-bond donors (Lipinski definition) is 3. The van der Waals surface area contributed by atoms with Crippen molar-refractivity contribution in [2.24, 2.45) is 7.05 Å². The topological polar surface area (TPSA) is 120 Å². The van der Waals surface area contributed by atoms with Crippen LogP contribution in [0.4, 0.5) is 35.0 Å². The summed E-state index contributed by atoms with van der Waals surface area (Å²) in [5.74, 6) is 0. The number of aromatic nitrogens is 2. The monoisotopic (exact) mass is 451 g/mol. The number of hydrogen-bond acceptors (Lipinski definition) is 6. The highest BCUT2D eigenvalue weighted by molar-refractivity contribution is 5.89. The molecule has 1 aliphatic rings. The lowest BCUT2D eigenvalue weighted by Gasteiger charge is -2.37. The van der Waals surface area contributed by atoms with Crippen LogP contribution in [0.3, 0.4) is 0 Å². The highest BCUT2D eigenvalue weighted by Gasteiger charge is 2.32. The average Bonchev–Trinajstić information content (AvgIpc) is 2.75. The van der Waals surface area contributed by atoms with Gasteiger partial charge in [-0.05, 0) is 25.0 Å². The summed E-state index contributed by atoms with van der Waals surface area (Å²) >= 11 is 0. The van der Waals surface area contributed by atoms with Gasteiger partial charge in [-0.15, -0.1) is 0 Å².